The lowest BCUT2D eigenvalue weighted by Gasteiger charge is -2.45. The normalized spacial score (nSPS) is 31.6. The van der Waals surface area contributed by atoms with E-state index in [0.29, 0.717) is 36.8 Å². The molecule has 3 aliphatic rings. The Bertz CT molecular complexity index is 875. The lowest BCUT2D eigenvalue weighted by atomic mass is 9.60. The second-order valence-corrected chi connectivity index (χ2v) is 11.2. The second-order valence-electron chi connectivity index (χ2n) is 11.2. The van der Waals surface area contributed by atoms with Crippen molar-refractivity contribution in [1.82, 2.24) is 0 Å². The van der Waals surface area contributed by atoms with Gasteiger partial charge in [-0.15, -0.1) is 0 Å². The number of hydrogen-bond donors (Lipinski definition) is 0. The zero-order chi connectivity index (χ0) is 25.2. The molecule has 7 heteroatoms. The molecule has 0 heterocycles. The second kappa shape index (κ2) is 11.2. The Morgan fingerprint density at radius 2 is 1.46 bits per heavy atom. The van der Waals surface area contributed by atoms with Gasteiger partial charge in [-0.1, -0.05) is 32.6 Å². The van der Waals surface area contributed by atoms with E-state index in [2.05, 4.69) is 6.92 Å². The smallest absolute Gasteiger partial charge is 0.419 e. The largest absolute Gasteiger partial charge is 0.423 e. The average molecular weight is 501 g/mol. The number of ether oxygens (including phenoxy) is 1. The van der Waals surface area contributed by atoms with Crippen LogP contribution in [0.25, 0.3) is 0 Å². The molecule has 0 aliphatic heterocycles. The van der Waals surface area contributed by atoms with Gasteiger partial charge in [0.15, 0.2) is 11.6 Å². The number of fused-ring (bicyclic) bond motifs is 1. The molecular formula is C28H37F5O2. The van der Waals surface area contributed by atoms with Gasteiger partial charge in [-0.3, -0.25) is 4.79 Å². The number of hydrogen-bond acceptors (Lipinski definition) is 2. The van der Waals surface area contributed by atoms with E-state index >= 15 is 0 Å². The monoisotopic (exact) mass is 500 g/mol. The summed E-state index contributed by atoms with van der Waals surface area (Å²) in [5.74, 6) is -1.80. The van der Waals surface area contributed by atoms with Gasteiger partial charge >= 0.3 is 12.1 Å². The van der Waals surface area contributed by atoms with E-state index in [1.807, 2.05) is 0 Å². The van der Waals surface area contributed by atoms with Crippen LogP contribution in [-0.2, 0) is 11.0 Å². The van der Waals surface area contributed by atoms with Gasteiger partial charge in [-0.2, -0.15) is 17.6 Å². The minimum absolute atomic E-state index is 0.408. The van der Waals surface area contributed by atoms with Crippen LogP contribution in [-0.4, -0.2) is 5.97 Å². The summed E-state index contributed by atoms with van der Waals surface area (Å²) < 4.78 is 71.1. The van der Waals surface area contributed by atoms with Gasteiger partial charge in [0.25, 0.3) is 0 Å². The van der Waals surface area contributed by atoms with Crippen molar-refractivity contribution in [2.45, 2.75) is 96.6 Å². The first-order valence-electron chi connectivity index (χ1n) is 13.4. The highest BCUT2D eigenvalue weighted by atomic mass is 19.4. The molecule has 2 nitrogen and oxygen atoms in total. The quantitative estimate of drug-likeness (QED) is 0.222. The molecular weight excluding hydrogens is 463 g/mol. The maximum atomic E-state index is 14.1. The van der Waals surface area contributed by atoms with E-state index in [0.717, 1.165) is 30.6 Å². The Morgan fingerprint density at radius 3 is 2.11 bits per heavy atom. The number of unbranched alkanes of at least 4 members (excludes halogenated alkanes) is 1. The van der Waals surface area contributed by atoms with E-state index < -0.39 is 41.0 Å². The Hall–Kier alpha value is -1.66. The van der Waals surface area contributed by atoms with Gasteiger partial charge in [0.2, 0.25) is 5.82 Å². The molecule has 0 saturated heterocycles. The fourth-order valence-corrected chi connectivity index (χ4v) is 7.05. The molecule has 1 aromatic carbocycles. The maximum absolute atomic E-state index is 14.1. The molecule has 1 aromatic rings. The predicted molar refractivity (Wildman–Crippen MR) is 124 cm³/mol. The molecule has 35 heavy (non-hydrogen) atoms. The van der Waals surface area contributed by atoms with Crippen molar-refractivity contribution in [3.05, 3.63) is 29.3 Å². The van der Waals surface area contributed by atoms with E-state index in [-0.39, 0.29) is 0 Å². The SMILES string of the molecule is CCCCC1CCC2CC(C3CCC(C(=O)Oc4ccc(C(F)(F)F)c(F)c4F)CC3)CCC2C1. The van der Waals surface area contributed by atoms with Crippen LogP contribution < -0.4 is 4.74 Å². The number of benzene rings is 1. The predicted octanol–water partition coefficient (Wildman–Crippen LogP) is 8.72. The Labute approximate surface area is 205 Å². The lowest BCUT2D eigenvalue weighted by Crippen LogP contribution is -2.35. The van der Waals surface area contributed by atoms with Crippen LogP contribution >= 0.6 is 0 Å². The topological polar surface area (TPSA) is 26.3 Å². The van der Waals surface area contributed by atoms with Crippen LogP contribution in [0.3, 0.4) is 0 Å². The third-order valence-electron chi connectivity index (χ3n) is 9.06. The Kier molecular flexibility index (Phi) is 8.42. The lowest BCUT2D eigenvalue weighted by molar-refractivity contribution is -0.141. The summed E-state index contributed by atoms with van der Waals surface area (Å²) in [7, 11) is 0. The molecule has 4 unspecified atom stereocenters. The van der Waals surface area contributed by atoms with Crippen LogP contribution in [0.1, 0.15) is 96.0 Å². The van der Waals surface area contributed by atoms with Crippen LogP contribution in [0, 0.1) is 47.1 Å². The molecule has 0 spiro atoms. The average Bonchev–Trinajstić information content (AvgIpc) is 2.84. The molecule has 4 atom stereocenters. The Balaban J connectivity index is 1.26. The summed E-state index contributed by atoms with van der Waals surface area (Å²) >= 11 is 0. The maximum Gasteiger partial charge on any atom is 0.419 e. The van der Waals surface area contributed by atoms with Crippen molar-refractivity contribution < 1.29 is 31.5 Å². The van der Waals surface area contributed by atoms with Gasteiger partial charge in [0.05, 0.1) is 11.5 Å². The fourth-order valence-electron chi connectivity index (χ4n) is 7.05. The van der Waals surface area contributed by atoms with Crippen molar-refractivity contribution in [3.8, 4) is 5.75 Å². The summed E-state index contributed by atoms with van der Waals surface area (Å²) in [6.07, 6.45) is 10.0. The first-order valence-corrected chi connectivity index (χ1v) is 13.4. The summed E-state index contributed by atoms with van der Waals surface area (Å²) in [4.78, 5) is 12.6. The summed E-state index contributed by atoms with van der Waals surface area (Å²) in [5, 5.41) is 0. The minimum atomic E-state index is -5.01. The molecule has 3 aliphatic carbocycles. The third kappa shape index (κ3) is 6.19. The first kappa shape index (κ1) is 26.4. The van der Waals surface area contributed by atoms with E-state index in [9.17, 15) is 26.7 Å². The van der Waals surface area contributed by atoms with Gasteiger partial charge in [0.1, 0.15) is 0 Å². The Morgan fingerprint density at radius 1 is 0.857 bits per heavy atom. The van der Waals surface area contributed by atoms with Crippen LogP contribution in [0.4, 0.5) is 22.0 Å². The van der Waals surface area contributed by atoms with Gasteiger partial charge in [-0.05, 0) is 99.5 Å². The van der Waals surface area contributed by atoms with Crippen LogP contribution in [0.2, 0.25) is 0 Å². The highest BCUT2D eigenvalue weighted by Crippen LogP contribution is 2.49. The zero-order valence-corrected chi connectivity index (χ0v) is 20.5. The van der Waals surface area contributed by atoms with E-state index in [1.165, 1.54) is 57.8 Å². The van der Waals surface area contributed by atoms with Crippen molar-refractivity contribution in [2.24, 2.45) is 35.5 Å². The van der Waals surface area contributed by atoms with Crippen LogP contribution in [0.5, 0.6) is 5.75 Å². The standard InChI is InChI=1S/C28H37F5O2/c1-2-3-4-17-5-6-22-16-21(12-11-20(22)15-17)18-7-9-19(10-8-18)27(34)35-24-14-13-23(28(31,32)33)25(29)26(24)30/h13-14,17-22H,2-12,15-16H2,1H3. The number of carbonyl (C=O) groups is 1. The number of rotatable bonds is 6. The summed E-state index contributed by atoms with van der Waals surface area (Å²) in [6, 6.07) is 1.09. The zero-order valence-electron chi connectivity index (χ0n) is 20.5. The molecule has 3 fully saturated rings. The molecule has 0 aromatic heterocycles. The van der Waals surface area contributed by atoms with E-state index in [1.54, 1.807) is 0 Å². The first-order chi connectivity index (χ1) is 16.7. The molecule has 0 N–H and O–H groups in total. The molecule has 3 saturated carbocycles. The van der Waals surface area contributed by atoms with Crippen LogP contribution in [0.15, 0.2) is 12.1 Å². The highest BCUT2D eigenvalue weighted by molar-refractivity contribution is 5.75. The molecule has 0 radical (unpaired) electrons. The van der Waals surface area contributed by atoms with E-state index in [4.69, 9.17) is 4.74 Å². The molecule has 196 valence electrons. The molecule has 4 rings (SSSR count). The van der Waals surface area contributed by atoms with Gasteiger partial charge in [-0.25, -0.2) is 4.39 Å². The van der Waals surface area contributed by atoms with Crippen molar-refractivity contribution in [1.29, 1.82) is 0 Å². The van der Waals surface area contributed by atoms with Gasteiger partial charge in [0, 0.05) is 0 Å². The number of halogens is 5. The highest BCUT2D eigenvalue weighted by Gasteiger charge is 2.40. The number of esters is 1. The minimum Gasteiger partial charge on any atom is -0.423 e. The third-order valence-corrected chi connectivity index (χ3v) is 9.06. The summed E-state index contributed by atoms with van der Waals surface area (Å²) in [5.41, 5.74) is -1.71. The fraction of sp³-hybridized carbons (Fsp3) is 0.750. The van der Waals surface area contributed by atoms with Gasteiger partial charge < -0.3 is 4.74 Å². The molecule has 0 amide bonds. The molecule has 0 bridgehead atoms. The number of carbonyl (C=O) groups excluding carboxylic acids is 1. The van der Waals surface area contributed by atoms with Crippen molar-refractivity contribution in [3.63, 3.8) is 0 Å². The number of alkyl halides is 3. The van der Waals surface area contributed by atoms with Crippen molar-refractivity contribution in [2.75, 3.05) is 0 Å². The van der Waals surface area contributed by atoms with Crippen molar-refractivity contribution >= 4 is 5.97 Å². The summed E-state index contributed by atoms with van der Waals surface area (Å²) in [6.45, 7) is 2.26.